The minimum absolute atomic E-state index is 0.156. The van der Waals surface area contributed by atoms with Crippen molar-refractivity contribution in [3.05, 3.63) is 77.5 Å². The summed E-state index contributed by atoms with van der Waals surface area (Å²) in [5, 5.41) is 2.88. The van der Waals surface area contributed by atoms with E-state index >= 15 is 0 Å². The standard InChI is InChI=1S/C22H21FN2O3/c1-2-25-12-11-15-3-6-17(13-20(15)25)24-22(26)21-10-9-19(28-21)14-27-18-7-4-16(23)5-8-18/h3-10,13H,2,11-12,14H2,1H3,(H,24,26). The summed E-state index contributed by atoms with van der Waals surface area (Å²) >= 11 is 0. The Balaban J connectivity index is 1.39. The van der Waals surface area contributed by atoms with Crippen LogP contribution in [0.1, 0.15) is 28.8 Å². The van der Waals surface area contributed by atoms with Crippen molar-refractivity contribution in [2.45, 2.75) is 20.0 Å². The van der Waals surface area contributed by atoms with Crippen LogP contribution in [0.15, 0.2) is 59.0 Å². The van der Waals surface area contributed by atoms with Crippen LogP contribution in [-0.2, 0) is 13.0 Å². The zero-order chi connectivity index (χ0) is 19.5. The van der Waals surface area contributed by atoms with Gasteiger partial charge in [-0.1, -0.05) is 6.07 Å². The first-order valence-corrected chi connectivity index (χ1v) is 9.28. The number of ether oxygens (including phenoxy) is 1. The third-order valence-electron chi connectivity index (χ3n) is 4.80. The molecule has 1 aliphatic rings. The fourth-order valence-electron chi connectivity index (χ4n) is 3.31. The van der Waals surface area contributed by atoms with E-state index in [4.69, 9.17) is 9.15 Å². The quantitative estimate of drug-likeness (QED) is 0.677. The number of nitrogens with one attached hydrogen (secondary N) is 1. The van der Waals surface area contributed by atoms with Gasteiger partial charge in [0, 0.05) is 24.5 Å². The maximum absolute atomic E-state index is 12.9. The van der Waals surface area contributed by atoms with Crippen molar-refractivity contribution in [1.29, 1.82) is 0 Å². The van der Waals surface area contributed by atoms with Gasteiger partial charge in [0.25, 0.3) is 5.91 Å². The number of halogens is 1. The molecule has 3 aromatic rings. The van der Waals surface area contributed by atoms with Crippen LogP contribution in [0.2, 0.25) is 0 Å². The molecule has 144 valence electrons. The zero-order valence-corrected chi connectivity index (χ0v) is 15.6. The molecule has 2 heterocycles. The molecule has 0 fully saturated rings. The van der Waals surface area contributed by atoms with Crippen molar-refractivity contribution in [3.63, 3.8) is 0 Å². The molecule has 0 saturated carbocycles. The summed E-state index contributed by atoms with van der Waals surface area (Å²) in [4.78, 5) is 14.8. The second kappa shape index (κ2) is 7.76. The van der Waals surface area contributed by atoms with Gasteiger partial charge in [-0.3, -0.25) is 4.79 Å². The molecule has 0 radical (unpaired) electrons. The van der Waals surface area contributed by atoms with E-state index in [1.807, 2.05) is 12.1 Å². The van der Waals surface area contributed by atoms with Crippen LogP contribution >= 0.6 is 0 Å². The van der Waals surface area contributed by atoms with Crippen LogP contribution < -0.4 is 15.0 Å². The zero-order valence-electron chi connectivity index (χ0n) is 15.6. The highest BCUT2D eigenvalue weighted by Crippen LogP contribution is 2.30. The summed E-state index contributed by atoms with van der Waals surface area (Å²) in [5.41, 5.74) is 3.22. The van der Waals surface area contributed by atoms with Crippen LogP contribution in [0.5, 0.6) is 5.75 Å². The Labute approximate surface area is 162 Å². The van der Waals surface area contributed by atoms with E-state index in [0.29, 0.717) is 11.5 Å². The number of hydrogen-bond acceptors (Lipinski definition) is 4. The third kappa shape index (κ3) is 3.86. The molecule has 0 aliphatic carbocycles. The summed E-state index contributed by atoms with van der Waals surface area (Å²) < 4.78 is 24.0. The molecule has 1 N–H and O–H groups in total. The van der Waals surface area contributed by atoms with Crippen molar-refractivity contribution in [1.82, 2.24) is 0 Å². The summed E-state index contributed by atoms with van der Waals surface area (Å²) in [5.74, 6) is 0.625. The summed E-state index contributed by atoms with van der Waals surface area (Å²) in [6.07, 6.45) is 1.03. The van der Waals surface area contributed by atoms with Gasteiger partial charge in [-0.05, 0) is 67.4 Å². The highest BCUT2D eigenvalue weighted by atomic mass is 19.1. The van der Waals surface area contributed by atoms with Crippen molar-refractivity contribution < 1.29 is 18.3 Å². The van der Waals surface area contributed by atoms with E-state index in [2.05, 4.69) is 23.2 Å². The van der Waals surface area contributed by atoms with Crippen LogP contribution in [-0.4, -0.2) is 19.0 Å². The second-order valence-electron chi connectivity index (χ2n) is 6.64. The van der Waals surface area contributed by atoms with Gasteiger partial charge in [-0.15, -0.1) is 0 Å². The molecule has 0 spiro atoms. The van der Waals surface area contributed by atoms with E-state index in [0.717, 1.165) is 25.2 Å². The van der Waals surface area contributed by atoms with E-state index in [1.165, 1.54) is 23.4 Å². The van der Waals surface area contributed by atoms with Crippen LogP contribution in [0.4, 0.5) is 15.8 Å². The normalized spacial score (nSPS) is 12.7. The van der Waals surface area contributed by atoms with Crippen LogP contribution in [0.25, 0.3) is 0 Å². The molecule has 0 atom stereocenters. The van der Waals surface area contributed by atoms with E-state index < -0.39 is 0 Å². The highest BCUT2D eigenvalue weighted by molar-refractivity contribution is 6.02. The molecular weight excluding hydrogens is 359 g/mol. The molecule has 4 rings (SSSR count). The van der Waals surface area contributed by atoms with Crippen LogP contribution in [0.3, 0.4) is 0 Å². The summed E-state index contributed by atoms with van der Waals surface area (Å²) in [6.45, 7) is 4.24. The Morgan fingerprint density at radius 1 is 1.18 bits per heavy atom. The number of nitrogens with zero attached hydrogens (tertiary/aromatic N) is 1. The average Bonchev–Trinajstić information content (AvgIpc) is 3.34. The number of benzene rings is 2. The smallest absolute Gasteiger partial charge is 0.291 e. The molecule has 6 heteroatoms. The predicted octanol–water partition coefficient (Wildman–Crippen LogP) is 4.63. The molecule has 0 unspecified atom stereocenters. The Bertz CT molecular complexity index is 982. The Kier molecular flexibility index (Phi) is 5.02. The summed E-state index contributed by atoms with van der Waals surface area (Å²) in [6, 6.07) is 15.0. The minimum Gasteiger partial charge on any atom is -0.486 e. The largest absolute Gasteiger partial charge is 0.486 e. The van der Waals surface area contributed by atoms with Gasteiger partial charge in [0.1, 0.15) is 23.9 Å². The molecular formula is C22H21FN2O3. The van der Waals surface area contributed by atoms with Gasteiger partial charge in [0.2, 0.25) is 0 Å². The van der Waals surface area contributed by atoms with Crippen LogP contribution in [0, 0.1) is 5.82 Å². The number of carbonyl (C=O) groups excluding carboxylic acids is 1. The number of likely N-dealkylation sites (N-methyl/N-ethyl adjacent to an activating group) is 1. The second-order valence-corrected chi connectivity index (χ2v) is 6.64. The monoisotopic (exact) mass is 380 g/mol. The van der Waals surface area contributed by atoms with Crippen molar-refractivity contribution in [2.75, 3.05) is 23.3 Å². The number of anilines is 2. The first-order chi connectivity index (χ1) is 13.6. The van der Waals surface area contributed by atoms with Gasteiger partial charge >= 0.3 is 0 Å². The topological polar surface area (TPSA) is 54.7 Å². The fourth-order valence-corrected chi connectivity index (χ4v) is 3.31. The molecule has 28 heavy (non-hydrogen) atoms. The highest BCUT2D eigenvalue weighted by Gasteiger charge is 2.19. The maximum Gasteiger partial charge on any atom is 0.291 e. The van der Waals surface area contributed by atoms with Crippen molar-refractivity contribution in [2.24, 2.45) is 0 Å². The number of rotatable bonds is 6. The van der Waals surface area contributed by atoms with Gasteiger partial charge < -0.3 is 19.4 Å². The Morgan fingerprint density at radius 2 is 2.00 bits per heavy atom. The molecule has 5 nitrogen and oxygen atoms in total. The van der Waals surface area contributed by atoms with E-state index in [1.54, 1.807) is 24.3 Å². The predicted molar refractivity (Wildman–Crippen MR) is 105 cm³/mol. The lowest BCUT2D eigenvalue weighted by Crippen LogP contribution is -2.19. The molecule has 1 amide bonds. The number of amides is 1. The first-order valence-electron chi connectivity index (χ1n) is 9.28. The Morgan fingerprint density at radius 3 is 2.79 bits per heavy atom. The lowest BCUT2D eigenvalue weighted by atomic mass is 10.1. The number of fused-ring (bicyclic) bond motifs is 1. The number of hydrogen-bond donors (Lipinski definition) is 1. The lowest BCUT2D eigenvalue weighted by Gasteiger charge is -2.17. The average molecular weight is 380 g/mol. The first kappa shape index (κ1) is 18.1. The maximum atomic E-state index is 12.9. The molecule has 1 aromatic heterocycles. The van der Waals surface area contributed by atoms with Gasteiger partial charge in [0.05, 0.1) is 0 Å². The summed E-state index contributed by atoms with van der Waals surface area (Å²) in [7, 11) is 0. The van der Waals surface area contributed by atoms with Gasteiger partial charge in [-0.2, -0.15) is 0 Å². The van der Waals surface area contributed by atoms with Gasteiger partial charge in [0.15, 0.2) is 5.76 Å². The number of furan rings is 1. The molecule has 0 saturated heterocycles. The third-order valence-corrected chi connectivity index (χ3v) is 4.80. The molecule has 2 aromatic carbocycles. The fraction of sp³-hybridized carbons (Fsp3) is 0.227. The van der Waals surface area contributed by atoms with Crippen molar-refractivity contribution >= 4 is 17.3 Å². The van der Waals surface area contributed by atoms with E-state index in [9.17, 15) is 9.18 Å². The molecule has 0 bridgehead atoms. The van der Waals surface area contributed by atoms with Gasteiger partial charge in [-0.25, -0.2) is 4.39 Å². The minimum atomic E-state index is -0.321. The molecule has 1 aliphatic heterocycles. The van der Waals surface area contributed by atoms with Crippen molar-refractivity contribution in [3.8, 4) is 5.75 Å². The SMILES string of the molecule is CCN1CCc2ccc(NC(=O)c3ccc(COc4ccc(F)cc4)o3)cc21. The lowest BCUT2D eigenvalue weighted by molar-refractivity contribution is 0.0992. The van der Waals surface area contributed by atoms with E-state index in [-0.39, 0.29) is 24.1 Å². The Hall–Kier alpha value is -3.28. The number of carbonyl (C=O) groups is 1.